The normalized spacial score (nSPS) is 25.1. The number of aliphatic imine (C=N–C) groups is 1. The topological polar surface area (TPSA) is 27.6 Å². The number of hydrogen-bond acceptors (Lipinski definition) is 4. The van der Waals surface area contributed by atoms with Crippen LogP contribution in [0.25, 0.3) is 0 Å². The van der Waals surface area contributed by atoms with Crippen molar-refractivity contribution < 1.29 is 0 Å². The predicted octanol–water partition coefficient (Wildman–Crippen LogP) is 3.36. The van der Waals surface area contributed by atoms with Gasteiger partial charge in [0.15, 0.2) is 5.17 Å². The predicted molar refractivity (Wildman–Crippen MR) is 90.7 cm³/mol. The Kier molecular flexibility index (Phi) is 6.21. The first kappa shape index (κ1) is 16.2. The summed E-state index contributed by atoms with van der Waals surface area (Å²) in [5.41, 5.74) is 0.450. The first-order chi connectivity index (χ1) is 9.67. The Morgan fingerprint density at radius 1 is 1.25 bits per heavy atom. The van der Waals surface area contributed by atoms with Crippen molar-refractivity contribution >= 4 is 16.9 Å². The molecule has 1 saturated heterocycles. The number of nitrogens with one attached hydrogen (secondary N) is 1. The van der Waals surface area contributed by atoms with Gasteiger partial charge in [0, 0.05) is 24.9 Å². The van der Waals surface area contributed by atoms with Gasteiger partial charge in [-0.05, 0) is 51.1 Å². The van der Waals surface area contributed by atoms with E-state index in [0.29, 0.717) is 11.5 Å². The number of amidine groups is 1. The molecule has 0 saturated carbocycles. The highest BCUT2D eigenvalue weighted by Gasteiger charge is 2.30. The van der Waals surface area contributed by atoms with Gasteiger partial charge in [-0.3, -0.25) is 4.99 Å². The molecular weight excluding hydrogens is 266 g/mol. The minimum absolute atomic E-state index is 0.450. The minimum Gasteiger partial charge on any atom is -0.361 e. The molecule has 0 radical (unpaired) electrons. The standard InChI is InChI=1S/C16H31N3S/c1-4-16(5-2)12-17-15(20-13-16)18-14(3)11-19-9-7-6-8-10-19/h14H,4-13H2,1-3H3,(H,17,18). The van der Waals surface area contributed by atoms with Gasteiger partial charge < -0.3 is 10.2 Å². The van der Waals surface area contributed by atoms with Gasteiger partial charge in [0.05, 0.1) is 0 Å². The van der Waals surface area contributed by atoms with Crippen LogP contribution in [0.2, 0.25) is 0 Å². The van der Waals surface area contributed by atoms with Gasteiger partial charge in [-0.1, -0.05) is 32.0 Å². The number of nitrogens with zero attached hydrogens (tertiary/aromatic N) is 2. The summed E-state index contributed by atoms with van der Waals surface area (Å²) in [4.78, 5) is 7.40. The van der Waals surface area contributed by atoms with E-state index in [4.69, 9.17) is 4.99 Å². The first-order valence-electron chi connectivity index (χ1n) is 8.33. The molecule has 0 aromatic carbocycles. The van der Waals surface area contributed by atoms with Crippen molar-refractivity contribution in [3.8, 4) is 0 Å². The quantitative estimate of drug-likeness (QED) is 0.843. The maximum Gasteiger partial charge on any atom is 0.156 e. The summed E-state index contributed by atoms with van der Waals surface area (Å²) in [6.07, 6.45) is 6.65. The van der Waals surface area contributed by atoms with Gasteiger partial charge in [0.2, 0.25) is 0 Å². The van der Waals surface area contributed by atoms with Gasteiger partial charge in [0.25, 0.3) is 0 Å². The van der Waals surface area contributed by atoms with Crippen molar-refractivity contribution in [1.29, 1.82) is 0 Å². The van der Waals surface area contributed by atoms with Crippen LogP contribution < -0.4 is 5.32 Å². The lowest BCUT2D eigenvalue weighted by molar-refractivity contribution is 0.215. The molecule has 1 atom stereocenters. The smallest absolute Gasteiger partial charge is 0.156 e. The van der Waals surface area contributed by atoms with Crippen LogP contribution in [-0.4, -0.2) is 48.0 Å². The Morgan fingerprint density at radius 2 is 1.95 bits per heavy atom. The van der Waals surface area contributed by atoms with E-state index in [1.54, 1.807) is 0 Å². The zero-order chi connectivity index (χ0) is 14.4. The van der Waals surface area contributed by atoms with Gasteiger partial charge in [-0.25, -0.2) is 0 Å². The minimum atomic E-state index is 0.450. The molecule has 1 fully saturated rings. The van der Waals surface area contributed by atoms with E-state index in [9.17, 15) is 0 Å². The molecule has 0 aliphatic carbocycles. The lowest BCUT2D eigenvalue weighted by Gasteiger charge is -2.35. The Bertz CT molecular complexity index is 320. The molecule has 0 aromatic rings. The van der Waals surface area contributed by atoms with Crippen LogP contribution in [0.4, 0.5) is 0 Å². The van der Waals surface area contributed by atoms with Crippen LogP contribution in [0.5, 0.6) is 0 Å². The number of hydrogen-bond donors (Lipinski definition) is 1. The van der Waals surface area contributed by atoms with E-state index in [1.165, 1.54) is 56.1 Å². The molecule has 4 heteroatoms. The molecule has 0 aromatic heterocycles. The van der Waals surface area contributed by atoms with E-state index in [0.717, 1.165) is 13.1 Å². The maximum atomic E-state index is 4.81. The van der Waals surface area contributed by atoms with Gasteiger partial charge in [-0.15, -0.1) is 0 Å². The van der Waals surface area contributed by atoms with E-state index in [-0.39, 0.29) is 0 Å². The van der Waals surface area contributed by atoms with Crippen LogP contribution in [0, 0.1) is 5.41 Å². The Balaban J connectivity index is 1.77. The Hall–Kier alpha value is -0.220. The number of thioether (sulfide) groups is 1. The zero-order valence-electron chi connectivity index (χ0n) is 13.5. The molecule has 3 nitrogen and oxygen atoms in total. The molecule has 1 unspecified atom stereocenters. The van der Waals surface area contributed by atoms with Crippen LogP contribution >= 0.6 is 11.8 Å². The summed E-state index contributed by atoms with van der Waals surface area (Å²) in [5.74, 6) is 1.22. The SMILES string of the molecule is CCC1(CC)CN=C(NC(C)CN2CCCCC2)SC1. The van der Waals surface area contributed by atoms with E-state index in [1.807, 2.05) is 11.8 Å². The third kappa shape index (κ3) is 4.39. The summed E-state index contributed by atoms with van der Waals surface area (Å²) < 4.78 is 0. The fourth-order valence-electron chi connectivity index (χ4n) is 3.10. The molecule has 0 bridgehead atoms. The molecule has 2 rings (SSSR count). The van der Waals surface area contributed by atoms with Gasteiger partial charge >= 0.3 is 0 Å². The Morgan fingerprint density at radius 3 is 2.50 bits per heavy atom. The van der Waals surface area contributed by atoms with Crippen molar-refractivity contribution in [3.05, 3.63) is 0 Å². The fraction of sp³-hybridized carbons (Fsp3) is 0.938. The highest BCUT2D eigenvalue weighted by molar-refractivity contribution is 8.13. The van der Waals surface area contributed by atoms with Crippen LogP contribution in [0.15, 0.2) is 4.99 Å². The zero-order valence-corrected chi connectivity index (χ0v) is 14.3. The second-order valence-electron chi connectivity index (χ2n) is 6.52. The number of rotatable bonds is 5. The van der Waals surface area contributed by atoms with E-state index in [2.05, 4.69) is 31.0 Å². The van der Waals surface area contributed by atoms with Gasteiger partial charge in [0.1, 0.15) is 0 Å². The molecule has 2 aliphatic rings. The number of piperidine rings is 1. The summed E-state index contributed by atoms with van der Waals surface area (Å²) in [6.45, 7) is 11.6. The second-order valence-corrected chi connectivity index (χ2v) is 7.49. The average Bonchev–Trinajstić information content (AvgIpc) is 2.49. The highest BCUT2D eigenvalue weighted by atomic mass is 32.2. The van der Waals surface area contributed by atoms with E-state index >= 15 is 0 Å². The summed E-state index contributed by atoms with van der Waals surface area (Å²) >= 11 is 1.93. The van der Waals surface area contributed by atoms with Crippen molar-refractivity contribution in [1.82, 2.24) is 10.2 Å². The van der Waals surface area contributed by atoms with Gasteiger partial charge in [-0.2, -0.15) is 0 Å². The van der Waals surface area contributed by atoms with Crippen molar-refractivity contribution in [3.63, 3.8) is 0 Å². The molecule has 0 amide bonds. The fourth-order valence-corrected chi connectivity index (χ4v) is 4.49. The molecular formula is C16H31N3S. The molecule has 0 spiro atoms. The van der Waals surface area contributed by atoms with Crippen LogP contribution in [0.1, 0.15) is 52.9 Å². The molecule has 1 N–H and O–H groups in total. The summed E-state index contributed by atoms with van der Waals surface area (Å²) in [5, 5.41) is 4.80. The lowest BCUT2D eigenvalue weighted by atomic mass is 9.84. The third-order valence-corrected chi connectivity index (χ3v) is 6.20. The van der Waals surface area contributed by atoms with E-state index < -0.39 is 0 Å². The van der Waals surface area contributed by atoms with Crippen LogP contribution in [0.3, 0.4) is 0 Å². The monoisotopic (exact) mass is 297 g/mol. The van der Waals surface area contributed by atoms with Crippen molar-refractivity contribution in [2.24, 2.45) is 10.4 Å². The molecule has 20 heavy (non-hydrogen) atoms. The summed E-state index contributed by atoms with van der Waals surface area (Å²) in [7, 11) is 0. The number of likely N-dealkylation sites (tertiary alicyclic amines) is 1. The van der Waals surface area contributed by atoms with Crippen LogP contribution in [-0.2, 0) is 0 Å². The van der Waals surface area contributed by atoms with Crippen molar-refractivity contribution in [2.75, 3.05) is 31.9 Å². The Labute approximate surface area is 129 Å². The van der Waals surface area contributed by atoms with Crippen molar-refractivity contribution in [2.45, 2.75) is 58.9 Å². The second kappa shape index (κ2) is 7.69. The first-order valence-corrected chi connectivity index (χ1v) is 9.32. The lowest BCUT2D eigenvalue weighted by Crippen LogP contribution is -2.44. The molecule has 2 aliphatic heterocycles. The molecule has 116 valence electrons. The molecule has 2 heterocycles. The highest BCUT2D eigenvalue weighted by Crippen LogP contribution is 2.34. The summed E-state index contributed by atoms with van der Waals surface area (Å²) in [6, 6.07) is 0.509. The average molecular weight is 298 g/mol. The largest absolute Gasteiger partial charge is 0.361 e. The maximum absolute atomic E-state index is 4.81. The third-order valence-electron chi connectivity index (χ3n) is 4.92.